The first-order valence-electron chi connectivity index (χ1n) is 7.31. The lowest BCUT2D eigenvalue weighted by Gasteiger charge is -2.18. The highest BCUT2D eigenvalue weighted by Crippen LogP contribution is 2.30. The number of benzene rings is 1. The van der Waals surface area contributed by atoms with E-state index >= 15 is 0 Å². The molecule has 2 aliphatic heterocycles. The Hall–Kier alpha value is -1.68. The van der Waals surface area contributed by atoms with E-state index in [-0.39, 0.29) is 11.9 Å². The van der Waals surface area contributed by atoms with Gasteiger partial charge in [-0.1, -0.05) is 13.0 Å². The van der Waals surface area contributed by atoms with Gasteiger partial charge in [-0.25, -0.2) is 0 Å². The summed E-state index contributed by atoms with van der Waals surface area (Å²) >= 11 is 0. The lowest BCUT2D eigenvalue weighted by Crippen LogP contribution is -2.32. The van der Waals surface area contributed by atoms with Gasteiger partial charge in [-0.15, -0.1) is 0 Å². The molecular weight excluding hydrogens is 254 g/mol. The molecule has 0 radical (unpaired) electrons. The number of carbonyl (C=O) groups excluding carboxylic acids is 2. The first-order valence-corrected chi connectivity index (χ1v) is 7.31. The number of amides is 1. The van der Waals surface area contributed by atoms with Crippen molar-refractivity contribution in [1.29, 1.82) is 0 Å². The fourth-order valence-electron chi connectivity index (χ4n) is 2.93. The third kappa shape index (κ3) is 2.24. The first kappa shape index (κ1) is 13.3. The van der Waals surface area contributed by atoms with Gasteiger partial charge in [0.2, 0.25) is 0 Å². The molecule has 0 aromatic heterocycles. The average molecular weight is 273 g/mol. The second-order valence-corrected chi connectivity index (χ2v) is 5.41. The standard InChI is InChI=1S/C16H19NO3/c1-2-11-5-6-14-13(10-11)15(18)16(19)17(14)8-7-12-4-3-9-20-12/h5-6,10,12H,2-4,7-9H2,1H3. The molecule has 3 rings (SSSR count). The van der Waals surface area contributed by atoms with Crippen LogP contribution in [0.5, 0.6) is 0 Å². The number of Topliss-reactive ketones (excluding diaryl/α,β-unsaturated/α-hetero) is 1. The van der Waals surface area contributed by atoms with Crippen LogP contribution in [0.3, 0.4) is 0 Å². The molecule has 2 heterocycles. The number of fused-ring (bicyclic) bond motifs is 1. The molecule has 20 heavy (non-hydrogen) atoms. The van der Waals surface area contributed by atoms with Crippen LogP contribution < -0.4 is 4.90 Å². The summed E-state index contributed by atoms with van der Waals surface area (Å²) in [5.74, 6) is -0.770. The molecular formula is C16H19NO3. The van der Waals surface area contributed by atoms with Crippen LogP contribution in [0.15, 0.2) is 18.2 Å². The van der Waals surface area contributed by atoms with E-state index in [1.54, 1.807) is 4.90 Å². The number of hydrogen-bond acceptors (Lipinski definition) is 3. The maximum atomic E-state index is 12.1. The third-order valence-corrected chi connectivity index (χ3v) is 4.14. The number of hydrogen-bond donors (Lipinski definition) is 0. The Bertz CT molecular complexity index is 547. The zero-order valence-corrected chi connectivity index (χ0v) is 11.7. The molecule has 1 aromatic carbocycles. The molecule has 1 unspecified atom stereocenters. The predicted molar refractivity (Wildman–Crippen MR) is 76.1 cm³/mol. The lowest BCUT2D eigenvalue weighted by atomic mass is 10.1. The van der Waals surface area contributed by atoms with E-state index in [2.05, 4.69) is 0 Å². The van der Waals surface area contributed by atoms with E-state index in [1.165, 1.54) is 0 Å². The summed E-state index contributed by atoms with van der Waals surface area (Å²) in [6, 6.07) is 5.73. The van der Waals surface area contributed by atoms with E-state index in [0.29, 0.717) is 12.1 Å². The lowest BCUT2D eigenvalue weighted by molar-refractivity contribution is -0.114. The van der Waals surface area contributed by atoms with Gasteiger partial charge in [-0.05, 0) is 43.4 Å². The smallest absolute Gasteiger partial charge is 0.299 e. The third-order valence-electron chi connectivity index (χ3n) is 4.14. The Labute approximate surface area is 118 Å². The van der Waals surface area contributed by atoms with Crippen molar-refractivity contribution >= 4 is 17.4 Å². The van der Waals surface area contributed by atoms with Crippen LogP contribution in [0.1, 0.15) is 42.1 Å². The molecule has 1 saturated heterocycles. The minimum absolute atomic E-state index is 0.233. The van der Waals surface area contributed by atoms with Gasteiger partial charge >= 0.3 is 0 Å². The number of carbonyl (C=O) groups is 2. The van der Waals surface area contributed by atoms with Gasteiger partial charge in [0.05, 0.1) is 17.4 Å². The SMILES string of the molecule is CCc1ccc2c(c1)C(=O)C(=O)N2CCC1CCCO1. The largest absolute Gasteiger partial charge is 0.378 e. The molecule has 1 aromatic rings. The van der Waals surface area contributed by atoms with Crippen LogP contribution in [-0.4, -0.2) is 30.9 Å². The quantitative estimate of drug-likeness (QED) is 0.791. The topological polar surface area (TPSA) is 46.6 Å². The van der Waals surface area contributed by atoms with Crippen molar-refractivity contribution in [3.8, 4) is 0 Å². The van der Waals surface area contributed by atoms with Crippen molar-refractivity contribution in [3.63, 3.8) is 0 Å². The monoisotopic (exact) mass is 273 g/mol. The Kier molecular flexibility index (Phi) is 3.57. The van der Waals surface area contributed by atoms with Gasteiger partial charge in [0.1, 0.15) is 0 Å². The van der Waals surface area contributed by atoms with Gasteiger partial charge in [0.15, 0.2) is 0 Å². The minimum atomic E-state index is -0.397. The van der Waals surface area contributed by atoms with E-state index in [1.807, 2.05) is 25.1 Å². The zero-order chi connectivity index (χ0) is 14.1. The van der Waals surface area contributed by atoms with E-state index in [0.717, 1.165) is 43.5 Å². The fourth-order valence-corrected chi connectivity index (χ4v) is 2.93. The highest BCUT2D eigenvalue weighted by atomic mass is 16.5. The van der Waals surface area contributed by atoms with Crippen molar-refractivity contribution in [3.05, 3.63) is 29.3 Å². The number of anilines is 1. The molecule has 0 aliphatic carbocycles. The second-order valence-electron chi connectivity index (χ2n) is 5.41. The first-order chi connectivity index (χ1) is 9.70. The average Bonchev–Trinajstić information content (AvgIpc) is 3.06. The van der Waals surface area contributed by atoms with Gasteiger partial charge in [0, 0.05) is 13.2 Å². The Morgan fingerprint density at radius 3 is 2.90 bits per heavy atom. The van der Waals surface area contributed by atoms with Crippen molar-refractivity contribution < 1.29 is 14.3 Å². The van der Waals surface area contributed by atoms with Gasteiger partial charge in [0.25, 0.3) is 11.7 Å². The normalized spacial score (nSPS) is 21.6. The maximum Gasteiger partial charge on any atom is 0.299 e. The summed E-state index contributed by atoms with van der Waals surface area (Å²) in [5.41, 5.74) is 2.41. The molecule has 0 bridgehead atoms. The summed E-state index contributed by atoms with van der Waals surface area (Å²) < 4.78 is 5.58. The van der Waals surface area contributed by atoms with Crippen molar-refractivity contribution in [2.24, 2.45) is 0 Å². The molecule has 0 saturated carbocycles. The van der Waals surface area contributed by atoms with Crippen molar-refractivity contribution in [1.82, 2.24) is 0 Å². The highest BCUT2D eigenvalue weighted by molar-refractivity contribution is 6.52. The summed E-state index contributed by atoms with van der Waals surface area (Å²) in [6.07, 6.45) is 4.04. The van der Waals surface area contributed by atoms with E-state index in [4.69, 9.17) is 4.74 Å². The predicted octanol–water partition coefficient (Wildman–Crippen LogP) is 2.35. The molecule has 0 spiro atoms. The molecule has 4 nitrogen and oxygen atoms in total. The van der Waals surface area contributed by atoms with Crippen molar-refractivity contribution in [2.45, 2.75) is 38.7 Å². The fraction of sp³-hybridized carbons (Fsp3) is 0.500. The summed E-state index contributed by atoms with van der Waals surface area (Å²) in [7, 11) is 0. The molecule has 0 N–H and O–H groups in total. The number of ether oxygens (including phenoxy) is 1. The number of nitrogens with zero attached hydrogens (tertiary/aromatic N) is 1. The van der Waals surface area contributed by atoms with Crippen LogP contribution in [0, 0.1) is 0 Å². The van der Waals surface area contributed by atoms with Gasteiger partial charge in [-0.2, -0.15) is 0 Å². The van der Waals surface area contributed by atoms with Crippen LogP contribution in [0.2, 0.25) is 0 Å². The summed E-state index contributed by atoms with van der Waals surface area (Å²) in [6.45, 7) is 3.42. The van der Waals surface area contributed by atoms with E-state index in [9.17, 15) is 9.59 Å². The van der Waals surface area contributed by atoms with Crippen LogP contribution >= 0.6 is 0 Å². The number of aryl methyl sites for hydroxylation is 1. The Morgan fingerprint density at radius 2 is 2.20 bits per heavy atom. The molecule has 1 atom stereocenters. The minimum Gasteiger partial charge on any atom is -0.378 e. The van der Waals surface area contributed by atoms with Gasteiger partial charge < -0.3 is 9.64 Å². The number of ketones is 1. The van der Waals surface area contributed by atoms with Crippen LogP contribution in [0.25, 0.3) is 0 Å². The molecule has 4 heteroatoms. The molecule has 1 fully saturated rings. The Morgan fingerprint density at radius 1 is 1.35 bits per heavy atom. The van der Waals surface area contributed by atoms with Gasteiger partial charge in [-0.3, -0.25) is 9.59 Å². The summed E-state index contributed by atoms with van der Waals surface area (Å²) in [5, 5.41) is 0. The maximum absolute atomic E-state index is 12.1. The molecule has 1 amide bonds. The van der Waals surface area contributed by atoms with Crippen LogP contribution in [-0.2, 0) is 16.0 Å². The highest BCUT2D eigenvalue weighted by Gasteiger charge is 2.36. The zero-order valence-electron chi connectivity index (χ0n) is 11.7. The van der Waals surface area contributed by atoms with Crippen molar-refractivity contribution in [2.75, 3.05) is 18.1 Å². The second kappa shape index (κ2) is 5.37. The molecule has 2 aliphatic rings. The number of rotatable bonds is 4. The Balaban J connectivity index is 1.79. The van der Waals surface area contributed by atoms with E-state index < -0.39 is 5.91 Å². The van der Waals surface area contributed by atoms with Crippen LogP contribution in [0.4, 0.5) is 5.69 Å². The summed E-state index contributed by atoms with van der Waals surface area (Å²) in [4.78, 5) is 25.8. The molecule has 106 valence electrons.